The van der Waals surface area contributed by atoms with E-state index in [4.69, 9.17) is 0 Å². The van der Waals surface area contributed by atoms with Crippen molar-refractivity contribution in [1.82, 2.24) is 4.98 Å². The third-order valence-corrected chi connectivity index (χ3v) is 4.15. The first kappa shape index (κ1) is 10.7. The molecule has 17 heavy (non-hydrogen) atoms. The summed E-state index contributed by atoms with van der Waals surface area (Å²) in [5.41, 5.74) is 2.28. The molecule has 0 saturated carbocycles. The van der Waals surface area contributed by atoms with E-state index < -0.39 is 0 Å². The van der Waals surface area contributed by atoms with Crippen molar-refractivity contribution in [2.45, 2.75) is 25.7 Å². The molecule has 0 unspecified atom stereocenters. The van der Waals surface area contributed by atoms with Crippen molar-refractivity contribution in [2.75, 3.05) is 0 Å². The van der Waals surface area contributed by atoms with Crippen LogP contribution in [0.1, 0.15) is 38.8 Å². The number of ketones is 1. The van der Waals surface area contributed by atoms with Crippen LogP contribution in [-0.4, -0.2) is 10.8 Å². The fraction of sp³-hybridized carbons (Fsp3) is 0.286. The first-order chi connectivity index (χ1) is 8.33. The zero-order valence-electron chi connectivity index (χ0n) is 9.48. The second-order valence-corrected chi connectivity index (χ2v) is 5.41. The lowest BCUT2D eigenvalue weighted by Gasteiger charge is -2.06. The number of rotatable bonds is 2. The quantitative estimate of drug-likeness (QED) is 0.810. The van der Waals surface area contributed by atoms with Crippen LogP contribution >= 0.6 is 11.3 Å². The van der Waals surface area contributed by atoms with Crippen molar-refractivity contribution in [3.63, 3.8) is 0 Å². The summed E-state index contributed by atoms with van der Waals surface area (Å²) in [6, 6.07) is 10.3. The van der Waals surface area contributed by atoms with E-state index in [2.05, 4.69) is 17.1 Å². The van der Waals surface area contributed by atoms with E-state index in [1.54, 1.807) is 11.3 Å². The predicted molar refractivity (Wildman–Crippen MR) is 68.6 cm³/mol. The Morgan fingerprint density at radius 2 is 2.00 bits per heavy atom. The number of carbonyl (C=O) groups excluding carboxylic acids is 1. The molecule has 2 aromatic rings. The first-order valence-electron chi connectivity index (χ1n) is 5.88. The molecule has 1 heterocycles. The van der Waals surface area contributed by atoms with Gasteiger partial charge in [0.05, 0.1) is 15.6 Å². The van der Waals surface area contributed by atoms with E-state index in [0.29, 0.717) is 6.42 Å². The van der Waals surface area contributed by atoms with Gasteiger partial charge in [0, 0.05) is 12.8 Å². The topological polar surface area (TPSA) is 30.0 Å². The van der Waals surface area contributed by atoms with Gasteiger partial charge in [-0.15, -0.1) is 11.3 Å². The molecule has 3 rings (SSSR count). The van der Waals surface area contributed by atoms with Gasteiger partial charge in [-0.3, -0.25) is 4.79 Å². The minimum atomic E-state index is 0.281. The number of hydrogen-bond acceptors (Lipinski definition) is 3. The third kappa shape index (κ3) is 2.15. The molecule has 0 fully saturated rings. The summed E-state index contributed by atoms with van der Waals surface area (Å²) in [5, 5.41) is 1.07. The van der Waals surface area contributed by atoms with Gasteiger partial charge in [0.1, 0.15) is 0 Å². The normalized spacial score (nSPS) is 14.7. The molecular weight excluding hydrogens is 230 g/mol. The standard InChI is InChI=1S/C14H13NOS/c16-12-8-4-7-11-14(12)17-13(15-11)9-10-5-2-1-3-6-10/h1-3,5-6H,4,7-9H2. The SMILES string of the molecule is O=C1CCCc2nc(Cc3ccccc3)sc21. The monoisotopic (exact) mass is 243 g/mol. The highest BCUT2D eigenvalue weighted by Crippen LogP contribution is 2.27. The van der Waals surface area contributed by atoms with Crippen LogP contribution in [0.2, 0.25) is 0 Å². The molecule has 1 aliphatic carbocycles. The van der Waals surface area contributed by atoms with Gasteiger partial charge >= 0.3 is 0 Å². The highest BCUT2D eigenvalue weighted by molar-refractivity contribution is 7.13. The Morgan fingerprint density at radius 3 is 2.76 bits per heavy atom. The Bertz CT molecular complexity index is 545. The van der Waals surface area contributed by atoms with Crippen molar-refractivity contribution < 1.29 is 4.79 Å². The Balaban J connectivity index is 1.88. The van der Waals surface area contributed by atoms with E-state index in [-0.39, 0.29) is 5.78 Å². The Hall–Kier alpha value is -1.48. The number of aryl methyl sites for hydroxylation is 1. The number of carbonyl (C=O) groups is 1. The van der Waals surface area contributed by atoms with Crippen molar-refractivity contribution >= 4 is 17.1 Å². The molecule has 86 valence electrons. The molecule has 0 saturated heterocycles. The van der Waals surface area contributed by atoms with Crippen LogP contribution in [0.5, 0.6) is 0 Å². The van der Waals surface area contributed by atoms with Gasteiger partial charge in [-0.2, -0.15) is 0 Å². The van der Waals surface area contributed by atoms with Gasteiger partial charge in [-0.05, 0) is 18.4 Å². The molecule has 0 atom stereocenters. The fourth-order valence-corrected chi connectivity index (χ4v) is 3.28. The lowest BCUT2D eigenvalue weighted by molar-refractivity contribution is 0.0976. The summed E-state index contributed by atoms with van der Waals surface area (Å²) >= 11 is 1.58. The van der Waals surface area contributed by atoms with E-state index in [1.165, 1.54) is 5.56 Å². The Labute approximate surface area is 104 Å². The van der Waals surface area contributed by atoms with Gasteiger partial charge in [0.15, 0.2) is 5.78 Å². The Morgan fingerprint density at radius 1 is 1.18 bits per heavy atom. The van der Waals surface area contributed by atoms with E-state index >= 15 is 0 Å². The van der Waals surface area contributed by atoms with E-state index in [0.717, 1.165) is 34.8 Å². The highest BCUT2D eigenvalue weighted by atomic mass is 32.1. The molecule has 2 nitrogen and oxygen atoms in total. The third-order valence-electron chi connectivity index (χ3n) is 3.01. The van der Waals surface area contributed by atoms with Gasteiger partial charge < -0.3 is 0 Å². The Kier molecular flexibility index (Phi) is 2.77. The average molecular weight is 243 g/mol. The van der Waals surface area contributed by atoms with Crippen molar-refractivity contribution in [3.05, 3.63) is 51.5 Å². The van der Waals surface area contributed by atoms with Gasteiger partial charge in [-0.25, -0.2) is 4.98 Å². The number of Topliss-reactive ketones (excluding diaryl/α,β-unsaturated/α-hetero) is 1. The molecule has 3 heteroatoms. The van der Waals surface area contributed by atoms with Gasteiger partial charge in [0.25, 0.3) is 0 Å². The summed E-state index contributed by atoms with van der Waals surface area (Å²) in [6.07, 6.45) is 3.46. The molecule has 1 aromatic heterocycles. The maximum absolute atomic E-state index is 11.7. The zero-order valence-corrected chi connectivity index (χ0v) is 10.3. The summed E-state index contributed by atoms with van der Waals surface area (Å²) in [7, 11) is 0. The molecule has 1 aliphatic rings. The minimum absolute atomic E-state index is 0.281. The molecule has 0 amide bonds. The van der Waals surface area contributed by atoms with Crippen LogP contribution in [0.4, 0.5) is 0 Å². The molecule has 0 aliphatic heterocycles. The molecular formula is C14H13NOS. The number of benzene rings is 1. The molecule has 0 radical (unpaired) electrons. The second-order valence-electron chi connectivity index (χ2n) is 4.32. The first-order valence-corrected chi connectivity index (χ1v) is 6.70. The van der Waals surface area contributed by atoms with Crippen LogP contribution in [0.15, 0.2) is 30.3 Å². The molecule has 0 N–H and O–H groups in total. The summed E-state index contributed by atoms with van der Waals surface area (Å²) in [4.78, 5) is 17.2. The maximum Gasteiger partial charge on any atom is 0.174 e. The lowest BCUT2D eigenvalue weighted by Crippen LogP contribution is -2.07. The van der Waals surface area contributed by atoms with Gasteiger partial charge in [-0.1, -0.05) is 30.3 Å². The smallest absolute Gasteiger partial charge is 0.174 e. The predicted octanol–water partition coefficient (Wildman–Crippen LogP) is 3.25. The minimum Gasteiger partial charge on any atom is -0.293 e. The van der Waals surface area contributed by atoms with Crippen molar-refractivity contribution in [2.24, 2.45) is 0 Å². The summed E-state index contributed by atoms with van der Waals surface area (Å²) in [6.45, 7) is 0. The summed E-state index contributed by atoms with van der Waals surface area (Å²) in [5.74, 6) is 0.281. The number of hydrogen-bond donors (Lipinski definition) is 0. The molecule has 0 bridgehead atoms. The second kappa shape index (κ2) is 4.41. The largest absolute Gasteiger partial charge is 0.293 e. The van der Waals surface area contributed by atoms with Crippen LogP contribution in [0, 0.1) is 0 Å². The van der Waals surface area contributed by atoms with E-state index in [1.807, 2.05) is 18.2 Å². The maximum atomic E-state index is 11.7. The number of nitrogens with zero attached hydrogens (tertiary/aromatic N) is 1. The highest BCUT2D eigenvalue weighted by Gasteiger charge is 2.21. The average Bonchev–Trinajstić information content (AvgIpc) is 2.74. The number of thiazole rings is 1. The number of fused-ring (bicyclic) bond motifs is 1. The van der Waals surface area contributed by atoms with Gasteiger partial charge in [0.2, 0.25) is 0 Å². The lowest BCUT2D eigenvalue weighted by atomic mass is 10.0. The number of aromatic nitrogens is 1. The van der Waals surface area contributed by atoms with Crippen molar-refractivity contribution in [1.29, 1.82) is 0 Å². The van der Waals surface area contributed by atoms with Crippen LogP contribution in [-0.2, 0) is 12.8 Å². The molecule has 0 spiro atoms. The van der Waals surface area contributed by atoms with Crippen molar-refractivity contribution in [3.8, 4) is 0 Å². The van der Waals surface area contributed by atoms with Crippen LogP contribution < -0.4 is 0 Å². The summed E-state index contributed by atoms with van der Waals surface area (Å²) < 4.78 is 0. The van der Waals surface area contributed by atoms with Crippen LogP contribution in [0.3, 0.4) is 0 Å². The van der Waals surface area contributed by atoms with Crippen LogP contribution in [0.25, 0.3) is 0 Å². The van der Waals surface area contributed by atoms with E-state index in [9.17, 15) is 4.79 Å². The zero-order chi connectivity index (χ0) is 11.7. The molecule has 1 aromatic carbocycles. The fourth-order valence-electron chi connectivity index (χ4n) is 2.16.